The molecule has 1 aliphatic heterocycles. The molecule has 0 saturated carbocycles. The molecular weight excluding hydrogens is 473 g/mol. The second-order valence-electron chi connectivity index (χ2n) is 8.02. The molecule has 36 heavy (non-hydrogen) atoms. The van der Waals surface area contributed by atoms with Crippen molar-refractivity contribution in [3.8, 4) is 17.1 Å². The van der Waals surface area contributed by atoms with Crippen molar-refractivity contribution in [2.75, 3.05) is 12.0 Å². The number of halogens is 3. The number of benzene rings is 3. The summed E-state index contributed by atoms with van der Waals surface area (Å²) in [5.41, 5.74) is 2.01. The number of anilines is 1. The average Bonchev–Trinajstić information content (AvgIpc) is 3.34. The van der Waals surface area contributed by atoms with E-state index in [1.54, 1.807) is 19.1 Å². The van der Waals surface area contributed by atoms with Gasteiger partial charge in [-0.1, -0.05) is 17.3 Å². The smallest absolute Gasteiger partial charge is 0.326 e. The maximum Gasteiger partial charge on any atom is 0.326 e. The highest BCUT2D eigenvalue weighted by atomic mass is 19.1. The van der Waals surface area contributed by atoms with Crippen molar-refractivity contribution in [2.45, 2.75) is 13.0 Å². The second-order valence-corrected chi connectivity index (χ2v) is 8.02. The third-order valence-corrected chi connectivity index (χ3v) is 5.82. The lowest BCUT2D eigenvalue weighted by Crippen LogP contribution is -2.46. The van der Waals surface area contributed by atoms with Gasteiger partial charge in [-0.05, 0) is 67.1 Å². The minimum Gasteiger partial charge on any atom is -0.494 e. The number of rotatable bonds is 5. The summed E-state index contributed by atoms with van der Waals surface area (Å²) < 4.78 is 52.3. The quantitative estimate of drug-likeness (QED) is 0.377. The zero-order chi connectivity index (χ0) is 25.4. The van der Waals surface area contributed by atoms with Crippen molar-refractivity contribution in [1.82, 2.24) is 15.5 Å². The zero-order valence-electron chi connectivity index (χ0n) is 19.1. The minimum absolute atomic E-state index is 0.0418. The molecule has 1 aromatic heterocycles. The molecule has 2 amide bonds. The van der Waals surface area contributed by atoms with Crippen LogP contribution in [0.5, 0.6) is 5.75 Å². The molecule has 0 fully saturated rings. The Morgan fingerprint density at radius 1 is 1.00 bits per heavy atom. The molecule has 1 unspecified atom stereocenters. The molecule has 1 N–H and O–H groups in total. The van der Waals surface area contributed by atoms with Crippen molar-refractivity contribution in [3.05, 3.63) is 101 Å². The lowest BCUT2D eigenvalue weighted by Gasteiger charge is -2.35. The Morgan fingerprint density at radius 2 is 1.78 bits per heavy atom. The van der Waals surface area contributed by atoms with Crippen molar-refractivity contribution in [3.63, 3.8) is 0 Å². The van der Waals surface area contributed by atoms with Crippen LogP contribution in [-0.2, 0) is 0 Å². The SMILES string of the molecule is COc1ccc(-c2noc(C3=C(C)N(c4ccc(F)cc4)C(=O)NC3c3cccc(F)c3)n2)cc1F. The first-order valence-electron chi connectivity index (χ1n) is 10.9. The van der Waals surface area contributed by atoms with E-state index < -0.39 is 29.5 Å². The number of amides is 2. The summed E-state index contributed by atoms with van der Waals surface area (Å²) in [6.07, 6.45) is 0. The molecule has 1 atom stereocenters. The highest BCUT2D eigenvalue weighted by Gasteiger charge is 2.36. The van der Waals surface area contributed by atoms with Crippen LogP contribution in [0.3, 0.4) is 0 Å². The third kappa shape index (κ3) is 4.17. The summed E-state index contributed by atoms with van der Waals surface area (Å²) in [7, 11) is 1.36. The molecule has 3 aromatic carbocycles. The van der Waals surface area contributed by atoms with Crippen molar-refractivity contribution in [2.24, 2.45) is 0 Å². The van der Waals surface area contributed by atoms with Gasteiger partial charge in [-0.15, -0.1) is 0 Å². The number of urea groups is 1. The van der Waals surface area contributed by atoms with Crippen LogP contribution in [0.1, 0.15) is 24.4 Å². The molecule has 0 radical (unpaired) electrons. The fraction of sp³-hybridized carbons (Fsp3) is 0.115. The Kier molecular flexibility index (Phi) is 5.93. The number of nitrogens with one attached hydrogen (secondary N) is 1. The molecule has 0 aliphatic carbocycles. The van der Waals surface area contributed by atoms with E-state index >= 15 is 0 Å². The van der Waals surface area contributed by atoms with E-state index in [9.17, 15) is 18.0 Å². The second kappa shape index (κ2) is 9.21. The molecular formula is C26H19F3N4O3. The minimum atomic E-state index is -0.828. The molecule has 0 saturated heterocycles. The van der Waals surface area contributed by atoms with E-state index in [1.807, 2.05) is 0 Å². The fourth-order valence-corrected chi connectivity index (χ4v) is 4.11. The van der Waals surface area contributed by atoms with Gasteiger partial charge in [0.1, 0.15) is 11.6 Å². The molecule has 5 rings (SSSR count). The largest absolute Gasteiger partial charge is 0.494 e. The summed E-state index contributed by atoms with van der Waals surface area (Å²) in [4.78, 5) is 18.9. The van der Waals surface area contributed by atoms with Gasteiger partial charge in [0.2, 0.25) is 5.82 Å². The molecule has 0 spiro atoms. The average molecular weight is 492 g/mol. The van der Waals surface area contributed by atoms with Crippen LogP contribution in [0.25, 0.3) is 17.0 Å². The van der Waals surface area contributed by atoms with E-state index in [1.165, 1.54) is 66.6 Å². The third-order valence-electron chi connectivity index (χ3n) is 5.82. The van der Waals surface area contributed by atoms with Crippen LogP contribution in [0.15, 0.2) is 77.0 Å². The van der Waals surface area contributed by atoms with E-state index in [2.05, 4.69) is 15.5 Å². The lowest BCUT2D eigenvalue weighted by atomic mass is 9.94. The van der Waals surface area contributed by atoms with Gasteiger partial charge in [0, 0.05) is 11.3 Å². The summed E-state index contributed by atoms with van der Waals surface area (Å²) >= 11 is 0. The predicted molar refractivity (Wildman–Crippen MR) is 125 cm³/mol. The molecule has 4 aromatic rings. The van der Waals surface area contributed by atoms with Crippen LogP contribution < -0.4 is 15.0 Å². The number of allylic oxidation sites excluding steroid dienone is 1. The topological polar surface area (TPSA) is 80.5 Å². The van der Waals surface area contributed by atoms with Gasteiger partial charge in [0.15, 0.2) is 11.6 Å². The standard InChI is InChI=1S/C26H19F3N4O3/c1-14-22(25-31-24(32-36-25)16-6-11-21(35-2)20(29)13-16)23(15-4-3-5-18(28)12-15)30-26(34)33(14)19-9-7-17(27)8-10-19/h3-13,23H,1-2H3,(H,30,34). The van der Waals surface area contributed by atoms with E-state index in [0.29, 0.717) is 28.1 Å². The first-order valence-corrected chi connectivity index (χ1v) is 10.9. The van der Waals surface area contributed by atoms with E-state index in [-0.39, 0.29) is 17.5 Å². The number of hydrogen-bond donors (Lipinski definition) is 1. The zero-order valence-corrected chi connectivity index (χ0v) is 19.1. The van der Waals surface area contributed by atoms with Gasteiger partial charge in [-0.3, -0.25) is 4.90 Å². The first kappa shape index (κ1) is 23.2. The molecule has 0 bridgehead atoms. The fourth-order valence-electron chi connectivity index (χ4n) is 4.11. The molecule has 10 heteroatoms. The Morgan fingerprint density at radius 3 is 2.47 bits per heavy atom. The number of nitrogens with zero attached hydrogens (tertiary/aromatic N) is 3. The van der Waals surface area contributed by atoms with Gasteiger partial charge >= 0.3 is 6.03 Å². The maximum atomic E-state index is 14.3. The summed E-state index contributed by atoms with van der Waals surface area (Å²) in [6, 6.07) is 14.0. The predicted octanol–water partition coefficient (Wildman–Crippen LogP) is 5.86. The Labute approximate surface area is 203 Å². The van der Waals surface area contributed by atoms with Crippen LogP contribution >= 0.6 is 0 Å². The number of carbonyl (C=O) groups excluding carboxylic acids is 1. The summed E-state index contributed by atoms with van der Waals surface area (Å²) in [6.45, 7) is 1.67. The highest BCUT2D eigenvalue weighted by molar-refractivity contribution is 6.01. The van der Waals surface area contributed by atoms with Crippen LogP contribution in [0.2, 0.25) is 0 Å². The van der Waals surface area contributed by atoms with E-state index in [0.717, 1.165) is 0 Å². The summed E-state index contributed by atoms with van der Waals surface area (Å²) in [5, 5.41) is 6.82. The number of aromatic nitrogens is 2. The van der Waals surface area contributed by atoms with Gasteiger partial charge in [-0.2, -0.15) is 4.98 Å². The van der Waals surface area contributed by atoms with Crippen molar-refractivity contribution >= 4 is 17.3 Å². The normalized spacial score (nSPS) is 15.8. The van der Waals surface area contributed by atoms with Gasteiger partial charge < -0.3 is 14.6 Å². The maximum absolute atomic E-state index is 14.3. The number of ether oxygens (including phenoxy) is 1. The van der Waals surface area contributed by atoms with Crippen LogP contribution in [0, 0.1) is 17.5 Å². The first-order chi connectivity index (χ1) is 17.4. The monoisotopic (exact) mass is 492 g/mol. The van der Waals surface area contributed by atoms with Crippen molar-refractivity contribution < 1.29 is 27.2 Å². The van der Waals surface area contributed by atoms with Gasteiger partial charge in [0.25, 0.3) is 5.89 Å². The number of carbonyl (C=O) groups is 1. The molecule has 2 heterocycles. The Bertz CT molecular complexity index is 1480. The number of methoxy groups -OCH3 is 1. The number of hydrogen-bond acceptors (Lipinski definition) is 5. The Hall–Kier alpha value is -4.60. The van der Waals surface area contributed by atoms with Gasteiger partial charge in [-0.25, -0.2) is 18.0 Å². The lowest BCUT2D eigenvalue weighted by molar-refractivity contribution is 0.244. The van der Waals surface area contributed by atoms with Crippen molar-refractivity contribution in [1.29, 1.82) is 0 Å². The molecule has 1 aliphatic rings. The van der Waals surface area contributed by atoms with Crippen LogP contribution in [0.4, 0.5) is 23.7 Å². The van der Waals surface area contributed by atoms with Gasteiger partial charge in [0.05, 0.1) is 24.4 Å². The molecule has 7 nitrogen and oxygen atoms in total. The highest BCUT2D eigenvalue weighted by Crippen LogP contribution is 2.39. The Balaban J connectivity index is 1.64. The molecule has 182 valence electrons. The van der Waals surface area contributed by atoms with E-state index in [4.69, 9.17) is 9.26 Å². The summed E-state index contributed by atoms with van der Waals surface area (Å²) in [5.74, 6) is -1.32. The van der Waals surface area contributed by atoms with Crippen LogP contribution in [-0.4, -0.2) is 23.3 Å².